The molecule has 74 valence electrons. The van der Waals surface area contributed by atoms with E-state index in [1.54, 1.807) is 7.11 Å². The summed E-state index contributed by atoms with van der Waals surface area (Å²) >= 11 is 0. The zero-order chi connectivity index (χ0) is 9.80. The predicted octanol–water partition coefficient (Wildman–Crippen LogP) is 2.14. The third kappa shape index (κ3) is 1.77. The molecule has 0 amide bonds. The quantitative estimate of drug-likeness (QED) is 0.750. The Kier molecular flexibility index (Phi) is 2.79. The Morgan fingerprint density at radius 3 is 3.29 bits per heavy atom. The van der Waals surface area contributed by atoms with E-state index in [-0.39, 0.29) is 0 Å². The summed E-state index contributed by atoms with van der Waals surface area (Å²) in [4.78, 5) is 7.28. The Hall–Kier alpha value is -1.35. The highest BCUT2D eigenvalue weighted by Gasteiger charge is 2.01. The summed E-state index contributed by atoms with van der Waals surface area (Å²) in [7, 11) is 1.74. The molecule has 0 atom stereocenters. The lowest BCUT2D eigenvalue weighted by Gasteiger charge is -1.98. The van der Waals surface area contributed by atoms with Gasteiger partial charge in [0, 0.05) is 31.5 Å². The van der Waals surface area contributed by atoms with Gasteiger partial charge in [0.15, 0.2) is 0 Å². The van der Waals surface area contributed by atoms with E-state index in [0.717, 1.165) is 25.0 Å². The summed E-state index contributed by atoms with van der Waals surface area (Å²) in [6, 6.07) is 2.05. The number of aromatic nitrogens is 2. The number of H-pyrrole nitrogens is 1. The van der Waals surface area contributed by atoms with Gasteiger partial charge >= 0.3 is 0 Å². The molecule has 0 radical (unpaired) electrons. The molecule has 0 saturated heterocycles. The van der Waals surface area contributed by atoms with E-state index in [4.69, 9.17) is 4.74 Å². The van der Waals surface area contributed by atoms with Crippen molar-refractivity contribution < 1.29 is 4.74 Å². The van der Waals surface area contributed by atoms with Crippen LogP contribution in [0.25, 0.3) is 10.9 Å². The van der Waals surface area contributed by atoms with E-state index in [2.05, 4.69) is 16.2 Å². The summed E-state index contributed by atoms with van der Waals surface area (Å²) in [5.41, 5.74) is 2.46. The topological polar surface area (TPSA) is 37.9 Å². The number of nitrogens with zero attached hydrogens (tertiary/aromatic N) is 1. The molecule has 14 heavy (non-hydrogen) atoms. The Balaban J connectivity index is 2.17. The molecule has 0 aliphatic heterocycles. The highest BCUT2D eigenvalue weighted by Crippen LogP contribution is 2.17. The lowest BCUT2D eigenvalue weighted by atomic mass is 10.1. The predicted molar refractivity (Wildman–Crippen MR) is 56.3 cm³/mol. The zero-order valence-electron chi connectivity index (χ0n) is 8.29. The van der Waals surface area contributed by atoms with Crippen LogP contribution in [0.5, 0.6) is 0 Å². The van der Waals surface area contributed by atoms with Crippen molar-refractivity contribution in [1.82, 2.24) is 9.97 Å². The summed E-state index contributed by atoms with van der Waals surface area (Å²) in [5.74, 6) is 0. The van der Waals surface area contributed by atoms with Crippen molar-refractivity contribution in [1.29, 1.82) is 0 Å². The standard InChI is InChI=1S/C11H14N2O/c1-14-6-2-3-9-7-13-11-8-12-5-4-10(9)11/h4-5,7-8,13H,2-3,6H2,1H3. The summed E-state index contributed by atoms with van der Waals surface area (Å²) in [6.07, 6.45) is 7.86. The van der Waals surface area contributed by atoms with Gasteiger partial charge in [-0.05, 0) is 24.5 Å². The minimum absolute atomic E-state index is 0.817. The largest absolute Gasteiger partial charge is 0.385 e. The van der Waals surface area contributed by atoms with Gasteiger partial charge in [0.1, 0.15) is 0 Å². The van der Waals surface area contributed by atoms with Crippen LogP contribution in [0.2, 0.25) is 0 Å². The third-order valence-corrected chi connectivity index (χ3v) is 2.36. The molecule has 2 aromatic rings. The lowest BCUT2D eigenvalue weighted by molar-refractivity contribution is 0.195. The minimum Gasteiger partial charge on any atom is -0.385 e. The van der Waals surface area contributed by atoms with Gasteiger partial charge in [-0.25, -0.2) is 0 Å². The van der Waals surface area contributed by atoms with E-state index in [1.165, 1.54) is 10.9 Å². The molecule has 0 bridgehead atoms. The van der Waals surface area contributed by atoms with E-state index in [1.807, 2.05) is 18.5 Å². The fraction of sp³-hybridized carbons (Fsp3) is 0.364. The Morgan fingerprint density at radius 2 is 2.43 bits per heavy atom. The van der Waals surface area contributed by atoms with Crippen molar-refractivity contribution in [3.8, 4) is 0 Å². The first kappa shape index (κ1) is 9.21. The molecule has 0 spiro atoms. The molecular weight excluding hydrogens is 176 g/mol. The van der Waals surface area contributed by atoms with Crippen molar-refractivity contribution >= 4 is 10.9 Å². The first-order chi connectivity index (χ1) is 6.92. The van der Waals surface area contributed by atoms with Gasteiger partial charge in [0.25, 0.3) is 0 Å². The average molecular weight is 190 g/mol. The number of hydrogen-bond donors (Lipinski definition) is 1. The molecule has 2 aromatic heterocycles. The fourth-order valence-corrected chi connectivity index (χ4v) is 1.65. The van der Waals surface area contributed by atoms with E-state index in [0.29, 0.717) is 0 Å². The summed E-state index contributed by atoms with van der Waals surface area (Å²) < 4.78 is 5.03. The van der Waals surface area contributed by atoms with Gasteiger partial charge in [0.05, 0.1) is 11.7 Å². The van der Waals surface area contributed by atoms with E-state index >= 15 is 0 Å². The maximum absolute atomic E-state index is 5.03. The van der Waals surface area contributed by atoms with Gasteiger partial charge in [-0.3, -0.25) is 4.98 Å². The zero-order valence-corrected chi connectivity index (χ0v) is 8.29. The highest BCUT2D eigenvalue weighted by atomic mass is 16.5. The average Bonchev–Trinajstić information content (AvgIpc) is 2.63. The smallest absolute Gasteiger partial charge is 0.0643 e. The minimum atomic E-state index is 0.817. The maximum atomic E-state index is 5.03. The molecule has 2 heterocycles. The fourth-order valence-electron chi connectivity index (χ4n) is 1.65. The molecule has 2 rings (SSSR count). The van der Waals surface area contributed by atoms with Crippen molar-refractivity contribution in [2.24, 2.45) is 0 Å². The Bertz CT molecular complexity index is 408. The second-order valence-corrected chi connectivity index (χ2v) is 3.33. The number of aryl methyl sites for hydroxylation is 1. The molecule has 3 heteroatoms. The molecule has 1 N–H and O–H groups in total. The second-order valence-electron chi connectivity index (χ2n) is 3.33. The van der Waals surface area contributed by atoms with Crippen LogP contribution in [-0.2, 0) is 11.2 Å². The number of rotatable bonds is 4. The lowest BCUT2D eigenvalue weighted by Crippen LogP contribution is -1.91. The number of ether oxygens (including phenoxy) is 1. The van der Waals surface area contributed by atoms with Crippen LogP contribution < -0.4 is 0 Å². The second kappa shape index (κ2) is 4.24. The van der Waals surface area contributed by atoms with Crippen LogP contribution in [0.3, 0.4) is 0 Å². The van der Waals surface area contributed by atoms with Crippen LogP contribution in [-0.4, -0.2) is 23.7 Å². The van der Waals surface area contributed by atoms with Crippen molar-refractivity contribution in [2.75, 3.05) is 13.7 Å². The molecule has 3 nitrogen and oxygen atoms in total. The maximum Gasteiger partial charge on any atom is 0.0643 e. The van der Waals surface area contributed by atoms with Crippen LogP contribution in [0.1, 0.15) is 12.0 Å². The highest BCUT2D eigenvalue weighted by molar-refractivity contribution is 5.82. The normalized spacial score (nSPS) is 10.9. The van der Waals surface area contributed by atoms with Crippen LogP contribution in [0.4, 0.5) is 0 Å². The molecule has 0 saturated carbocycles. The monoisotopic (exact) mass is 190 g/mol. The molecule has 0 fully saturated rings. The molecule has 0 aliphatic rings. The van der Waals surface area contributed by atoms with Crippen LogP contribution >= 0.6 is 0 Å². The first-order valence-corrected chi connectivity index (χ1v) is 4.80. The molecular formula is C11H14N2O. The van der Waals surface area contributed by atoms with Gasteiger partial charge in [0.2, 0.25) is 0 Å². The summed E-state index contributed by atoms with van der Waals surface area (Å²) in [6.45, 7) is 0.817. The number of pyridine rings is 1. The summed E-state index contributed by atoms with van der Waals surface area (Å²) in [5, 5.41) is 1.27. The molecule has 0 unspecified atom stereocenters. The molecule has 0 aliphatic carbocycles. The van der Waals surface area contributed by atoms with E-state index < -0.39 is 0 Å². The Morgan fingerprint density at radius 1 is 1.50 bits per heavy atom. The van der Waals surface area contributed by atoms with Gasteiger partial charge in [-0.2, -0.15) is 0 Å². The third-order valence-electron chi connectivity index (χ3n) is 2.36. The van der Waals surface area contributed by atoms with Crippen molar-refractivity contribution in [3.05, 3.63) is 30.2 Å². The van der Waals surface area contributed by atoms with Gasteiger partial charge < -0.3 is 9.72 Å². The van der Waals surface area contributed by atoms with Crippen molar-refractivity contribution in [3.63, 3.8) is 0 Å². The Labute approximate surface area is 83.1 Å². The first-order valence-electron chi connectivity index (χ1n) is 4.80. The number of aromatic amines is 1. The van der Waals surface area contributed by atoms with Gasteiger partial charge in [-0.15, -0.1) is 0 Å². The van der Waals surface area contributed by atoms with Gasteiger partial charge in [-0.1, -0.05) is 0 Å². The van der Waals surface area contributed by atoms with Crippen molar-refractivity contribution in [2.45, 2.75) is 12.8 Å². The van der Waals surface area contributed by atoms with Crippen LogP contribution in [0, 0.1) is 0 Å². The SMILES string of the molecule is COCCCc1c[nH]c2cnccc12. The number of methoxy groups -OCH3 is 1. The number of nitrogens with one attached hydrogen (secondary N) is 1. The number of hydrogen-bond acceptors (Lipinski definition) is 2. The molecule has 0 aromatic carbocycles. The number of fused-ring (bicyclic) bond motifs is 1. The van der Waals surface area contributed by atoms with E-state index in [9.17, 15) is 0 Å². The van der Waals surface area contributed by atoms with Crippen LogP contribution in [0.15, 0.2) is 24.7 Å².